The summed E-state index contributed by atoms with van der Waals surface area (Å²) in [6.45, 7) is 2.37. The van der Waals surface area contributed by atoms with Crippen LogP contribution in [0, 0.1) is 6.92 Å². The maximum atomic E-state index is 11.1. The van der Waals surface area contributed by atoms with Crippen LogP contribution in [0.5, 0.6) is 0 Å². The third-order valence-electron chi connectivity index (χ3n) is 1.83. The van der Waals surface area contributed by atoms with Gasteiger partial charge in [-0.05, 0) is 19.1 Å². The average Bonchev–Trinajstić information content (AvgIpc) is 2.25. The minimum absolute atomic E-state index is 0.266. The minimum atomic E-state index is -0.266. The molecule has 4 nitrogen and oxygen atoms in total. The number of aryl methyl sites for hydroxylation is 1. The van der Waals surface area contributed by atoms with Gasteiger partial charge in [-0.2, -0.15) is 0 Å². The quantitative estimate of drug-likeness (QED) is 0.711. The van der Waals surface area contributed by atoms with Crippen molar-refractivity contribution in [3.63, 3.8) is 0 Å². The fraction of sp³-hybridized carbons (Fsp3) is 0.364. The van der Waals surface area contributed by atoms with Gasteiger partial charge in [-0.1, -0.05) is 17.7 Å². The summed E-state index contributed by atoms with van der Waals surface area (Å²) in [5.41, 5.74) is 1.84. The fourth-order valence-electron chi connectivity index (χ4n) is 0.964. The number of amides is 1. The van der Waals surface area contributed by atoms with Crippen LogP contribution in [0.15, 0.2) is 34.5 Å². The molecule has 0 bridgehead atoms. The maximum absolute atomic E-state index is 11.1. The molecule has 1 rings (SSSR count). The van der Waals surface area contributed by atoms with E-state index in [-0.39, 0.29) is 12.3 Å². The Kier molecular flexibility index (Phi) is 4.63. The van der Waals surface area contributed by atoms with Crippen LogP contribution < -0.4 is 0 Å². The van der Waals surface area contributed by atoms with Gasteiger partial charge in [0.2, 0.25) is 0 Å². The summed E-state index contributed by atoms with van der Waals surface area (Å²) in [7, 11) is 1.55. The molecule has 0 aromatic heterocycles. The highest BCUT2D eigenvalue weighted by atomic mass is 16.5. The van der Waals surface area contributed by atoms with Crippen LogP contribution in [0.25, 0.3) is 0 Å². The summed E-state index contributed by atoms with van der Waals surface area (Å²) < 4.78 is 4.76. The van der Waals surface area contributed by atoms with Crippen LogP contribution in [0.4, 0.5) is 5.69 Å². The molecule has 4 heteroatoms. The van der Waals surface area contributed by atoms with Crippen LogP contribution >= 0.6 is 0 Å². The molecular weight excluding hydrogens is 192 g/mol. The number of carbonyl (C=O) groups is 1. The van der Waals surface area contributed by atoms with Gasteiger partial charge in [-0.15, -0.1) is 10.2 Å². The first-order chi connectivity index (χ1) is 7.22. The first-order valence-corrected chi connectivity index (χ1v) is 4.72. The van der Waals surface area contributed by atoms with Crippen molar-refractivity contribution in [1.29, 1.82) is 0 Å². The number of hydrogen-bond donors (Lipinski definition) is 0. The lowest BCUT2D eigenvalue weighted by Gasteiger charge is -1.94. The van der Waals surface area contributed by atoms with Gasteiger partial charge in [0.05, 0.1) is 18.7 Å². The number of carbonyl (C=O) groups excluding carboxylic acids is 1. The van der Waals surface area contributed by atoms with Crippen molar-refractivity contribution in [3.8, 4) is 0 Å². The third kappa shape index (κ3) is 4.46. The van der Waals surface area contributed by atoms with Crippen molar-refractivity contribution in [2.24, 2.45) is 10.2 Å². The van der Waals surface area contributed by atoms with Gasteiger partial charge < -0.3 is 4.74 Å². The van der Waals surface area contributed by atoms with E-state index < -0.39 is 0 Å². The summed E-state index contributed by atoms with van der Waals surface area (Å²) in [5.74, 6) is -0.266. The normalized spacial score (nSPS) is 10.8. The molecule has 15 heavy (non-hydrogen) atoms. The second kappa shape index (κ2) is 6.03. The number of benzene rings is 1. The van der Waals surface area contributed by atoms with Gasteiger partial charge in [0.25, 0.3) is 5.91 Å². The second-order valence-electron chi connectivity index (χ2n) is 3.17. The van der Waals surface area contributed by atoms with Crippen molar-refractivity contribution in [3.05, 3.63) is 29.8 Å². The molecule has 0 N–H and O–H groups in total. The van der Waals surface area contributed by atoms with E-state index in [4.69, 9.17) is 4.74 Å². The largest absolute Gasteiger partial charge is 0.384 e. The number of azo groups is 1. The van der Waals surface area contributed by atoms with Crippen LogP contribution in [-0.4, -0.2) is 19.6 Å². The monoisotopic (exact) mass is 206 g/mol. The standard InChI is InChI=1S/C11H14N2O2/c1-9-3-5-10(6-4-9)12-13-11(14)7-8-15-2/h3-6H,7-8H2,1-2H3. The summed E-state index contributed by atoms with van der Waals surface area (Å²) >= 11 is 0. The lowest BCUT2D eigenvalue weighted by Crippen LogP contribution is -1.97. The van der Waals surface area contributed by atoms with Crippen molar-refractivity contribution in [2.75, 3.05) is 13.7 Å². The molecule has 0 radical (unpaired) electrons. The zero-order valence-electron chi connectivity index (χ0n) is 8.93. The van der Waals surface area contributed by atoms with E-state index in [1.165, 1.54) is 0 Å². The van der Waals surface area contributed by atoms with Gasteiger partial charge in [0.1, 0.15) is 0 Å². The lowest BCUT2D eigenvalue weighted by atomic mass is 10.2. The fourth-order valence-corrected chi connectivity index (χ4v) is 0.964. The number of hydrogen-bond acceptors (Lipinski definition) is 3. The average molecular weight is 206 g/mol. The predicted molar refractivity (Wildman–Crippen MR) is 57.2 cm³/mol. The van der Waals surface area contributed by atoms with Crippen molar-refractivity contribution in [1.82, 2.24) is 0 Å². The Hall–Kier alpha value is -1.55. The number of ether oxygens (including phenoxy) is 1. The van der Waals surface area contributed by atoms with Crippen LogP contribution in [0.1, 0.15) is 12.0 Å². The molecule has 0 aliphatic heterocycles. The van der Waals surface area contributed by atoms with Crippen LogP contribution in [0.2, 0.25) is 0 Å². The zero-order valence-corrected chi connectivity index (χ0v) is 8.93. The molecule has 0 saturated heterocycles. The molecule has 0 saturated carbocycles. The van der Waals surface area contributed by atoms with Gasteiger partial charge in [0, 0.05) is 7.11 Å². The number of methoxy groups -OCH3 is 1. The molecule has 0 fully saturated rings. The summed E-state index contributed by atoms with van der Waals surface area (Å²) in [6, 6.07) is 7.49. The number of rotatable bonds is 4. The van der Waals surface area contributed by atoms with E-state index in [9.17, 15) is 4.79 Å². The van der Waals surface area contributed by atoms with Crippen molar-refractivity contribution in [2.45, 2.75) is 13.3 Å². The molecule has 80 valence electrons. The van der Waals surface area contributed by atoms with E-state index in [0.717, 1.165) is 5.56 Å². The highest BCUT2D eigenvalue weighted by Gasteiger charge is 1.97. The topological polar surface area (TPSA) is 51.0 Å². The Morgan fingerprint density at radius 3 is 2.60 bits per heavy atom. The molecule has 0 aliphatic rings. The SMILES string of the molecule is COCCC(=O)N=Nc1ccc(C)cc1. The molecule has 0 aliphatic carbocycles. The minimum Gasteiger partial charge on any atom is -0.384 e. The maximum Gasteiger partial charge on any atom is 0.267 e. The Balaban J connectivity index is 2.50. The molecule has 0 unspecified atom stereocenters. The summed E-state index contributed by atoms with van der Waals surface area (Å²) in [5, 5.41) is 7.39. The highest BCUT2D eigenvalue weighted by Crippen LogP contribution is 2.12. The summed E-state index contributed by atoms with van der Waals surface area (Å²) in [6.07, 6.45) is 0.270. The molecule has 1 aromatic rings. The van der Waals surface area contributed by atoms with Crippen molar-refractivity contribution < 1.29 is 9.53 Å². The van der Waals surface area contributed by atoms with E-state index in [0.29, 0.717) is 12.3 Å². The van der Waals surface area contributed by atoms with Gasteiger partial charge in [-0.3, -0.25) is 4.79 Å². The van der Waals surface area contributed by atoms with E-state index in [2.05, 4.69) is 10.2 Å². The first-order valence-electron chi connectivity index (χ1n) is 4.72. The highest BCUT2D eigenvalue weighted by molar-refractivity contribution is 5.76. The smallest absolute Gasteiger partial charge is 0.267 e. The zero-order chi connectivity index (χ0) is 11.1. The molecule has 0 spiro atoms. The Bertz CT molecular complexity index is 344. The molecule has 0 atom stereocenters. The molecular formula is C11H14N2O2. The van der Waals surface area contributed by atoms with Gasteiger partial charge >= 0.3 is 0 Å². The van der Waals surface area contributed by atoms with Gasteiger partial charge in [-0.25, -0.2) is 0 Å². The molecule has 1 amide bonds. The van der Waals surface area contributed by atoms with Crippen LogP contribution in [-0.2, 0) is 9.53 Å². The van der Waals surface area contributed by atoms with E-state index in [1.54, 1.807) is 7.11 Å². The second-order valence-corrected chi connectivity index (χ2v) is 3.17. The summed E-state index contributed by atoms with van der Waals surface area (Å²) in [4.78, 5) is 11.1. The first kappa shape index (κ1) is 11.5. The molecule has 1 aromatic carbocycles. The van der Waals surface area contributed by atoms with E-state index >= 15 is 0 Å². The van der Waals surface area contributed by atoms with E-state index in [1.807, 2.05) is 31.2 Å². The molecule has 0 heterocycles. The Morgan fingerprint density at radius 1 is 1.33 bits per heavy atom. The lowest BCUT2D eigenvalue weighted by molar-refractivity contribution is -0.119. The van der Waals surface area contributed by atoms with Gasteiger partial charge in [0.15, 0.2) is 0 Å². The van der Waals surface area contributed by atoms with Crippen LogP contribution in [0.3, 0.4) is 0 Å². The van der Waals surface area contributed by atoms with Crippen molar-refractivity contribution >= 4 is 11.6 Å². The predicted octanol–water partition coefficient (Wildman–Crippen LogP) is 2.64. The number of nitrogens with zero attached hydrogens (tertiary/aromatic N) is 2. The third-order valence-corrected chi connectivity index (χ3v) is 1.83. The Morgan fingerprint density at radius 2 is 2.00 bits per heavy atom. The Labute approximate surface area is 89.0 Å².